The number of amides is 2. The van der Waals surface area contributed by atoms with Gasteiger partial charge in [0.15, 0.2) is 12.2 Å². The molecule has 0 saturated carbocycles. The van der Waals surface area contributed by atoms with E-state index < -0.39 is 35.7 Å². The van der Waals surface area contributed by atoms with Crippen LogP contribution in [0, 0.1) is 18.6 Å². The number of pyridine rings is 1. The van der Waals surface area contributed by atoms with E-state index in [2.05, 4.69) is 10.3 Å². The van der Waals surface area contributed by atoms with E-state index in [-0.39, 0.29) is 24.3 Å². The van der Waals surface area contributed by atoms with Crippen LogP contribution in [0.5, 0.6) is 0 Å². The summed E-state index contributed by atoms with van der Waals surface area (Å²) in [6, 6.07) is 14.1. The van der Waals surface area contributed by atoms with Gasteiger partial charge in [-0.2, -0.15) is 0 Å². The Labute approximate surface area is 214 Å². The van der Waals surface area contributed by atoms with Gasteiger partial charge in [-0.1, -0.05) is 55.3 Å². The van der Waals surface area contributed by atoms with Crippen LogP contribution in [0.2, 0.25) is 0 Å². The molecule has 0 fully saturated rings. The summed E-state index contributed by atoms with van der Waals surface area (Å²) in [5.41, 5.74) is 2.23. The summed E-state index contributed by atoms with van der Waals surface area (Å²) >= 11 is 0. The number of hydrogen-bond acceptors (Lipinski definition) is 5. The Hall–Kier alpha value is -3.69. The number of aliphatic hydroxyl groups excluding tert-OH is 2. The molecule has 3 aromatic rings. The highest BCUT2D eigenvalue weighted by Gasteiger charge is 2.33. The Morgan fingerprint density at radius 1 is 1.00 bits per heavy atom. The van der Waals surface area contributed by atoms with Gasteiger partial charge >= 0.3 is 0 Å². The number of rotatable bonds is 11. The Morgan fingerprint density at radius 3 is 2.32 bits per heavy atom. The van der Waals surface area contributed by atoms with Gasteiger partial charge in [0.05, 0.1) is 11.3 Å². The fourth-order valence-electron chi connectivity index (χ4n) is 3.83. The molecule has 0 aliphatic rings. The van der Waals surface area contributed by atoms with Gasteiger partial charge in [0.25, 0.3) is 11.8 Å². The summed E-state index contributed by atoms with van der Waals surface area (Å²) in [5, 5.41) is 23.3. The molecule has 3 N–H and O–H groups in total. The standard InChI is InChI=1S/C28H31F2N3O4/c1-3-4-13-33(17-19-8-5-7-18(2)14-19)28(37)26(35)25(34)27(36)32-16-20-11-12-23(31-15-20)24-21(29)9-6-10-22(24)30/h5-12,14-15,25-26,34-35H,3-4,13,16-17H2,1-2H3,(H,32,36). The maximum absolute atomic E-state index is 14.0. The number of aryl methyl sites for hydroxylation is 1. The fraction of sp³-hybridized carbons (Fsp3) is 0.321. The van der Waals surface area contributed by atoms with Crippen LogP contribution in [-0.2, 0) is 22.7 Å². The van der Waals surface area contributed by atoms with Gasteiger partial charge in [-0.25, -0.2) is 8.78 Å². The third kappa shape index (κ3) is 7.41. The molecule has 0 aliphatic heterocycles. The topological polar surface area (TPSA) is 103 Å². The van der Waals surface area contributed by atoms with Gasteiger partial charge in [-0.15, -0.1) is 0 Å². The molecule has 2 atom stereocenters. The van der Waals surface area contributed by atoms with Crippen molar-refractivity contribution in [3.8, 4) is 11.3 Å². The number of aliphatic hydroxyl groups is 2. The molecule has 0 aliphatic carbocycles. The van der Waals surface area contributed by atoms with E-state index in [0.717, 1.165) is 29.7 Å². The van der Waals surface area contributed by atoms with Crippen molar-refractivity contribution in [3.05, 3.63) is 89.1 Å². The van der Waals surface area contributed by atoms with Crippen LogP contribution in [0.1, 0.15) is 36.5 Å². The molecule has 2 unspecified atom stereocenters. The molecule has 0 bridgehead atoms. The molecule has 0 spiro atoms. The molecule has 1 heterocycles. The minimum Gasteiger partial charge on any atom is -0.380 e. The van der Waals surface area contributed by atoms with Gasteiger partial charge in [-0.05, 0) is 42.7 Å². The second-order valence-electron chi connectivity index (χ2n) is 8.86. The Kier molecular flexibility index (Phi) is 9.82. The van der Waals surface area contributed by atoms with Crippen LogP contribution >= 0.6 is 0 Å². The zero-order valence-corrected chi connectivity index (χ0v) is 20.8. The summed E-state index contributed by atoms with van der Waals surface area (Å²) < 4.78 is 27.9. The third-order valence-electron chi connectivity index (χ3n) is 5.88. The molecule has 1 aromatic heterocycles. The minimum atomic E-state index is -1.98. The van der Waals surface area contributed by atoms with E-state index in [0.29, 0.717) is 18.5 Å². The van der Waals surface area contributed by atoms with Crippen LogP contribution < -0.4 is 5.32 Å². The second kappa shape index (κ2) is 13.0. The summed E-state index contributed by atoms with van der Waals surface area (Å²) in [5.74, 6) is -3.16. The molecule has 3 rings (SSSR count). The second-order valence-corrected chi connectivity index (χ2v) is 8.86. The van der Waals surface area contributed by atoms with E-state index >= 15 is 0 Å². The minimum absolute atomic E-state index is 0.0767. The van der Waals surface area contributed by atoms with Crippen molar-refractivity contribution in [2.75, 3.05) is 6.54 Å². The lowest BCUT2D eigenvalue weighted by Crippen LogP contribution is -2.50. The molecule has 0 radical (unpaired) electrons. The molecule has 0 saturated heterocycles. The number of hydrogen-bond donors (Lipinski definition) is 3. The zero-order chi connectivity index (χ0) is 26.9. The number of unbranched alkanes of at least 4 members (excludes halogenated alkanes) is 1. The average molecular weight is 512 g/mol. The largest absolute Gasteiger partial charge is 0.380 e. The SMILES string of the molecule is CCCCN(Cc1cccc(C)c1)C(=O)C(O)C(O)C(=O)NCc1ccc(-c2c(F)cccc2F)nc1. The van der Waals surface area contributed by atoms with Crippen LogP contribution in [0.25, 0.3) is 11.3 Å². The van der Waals surface area contributed by atoms with Gasteiger partial charge in [-0.3, -0.25) is 14.6 Å². The molecular formula is C28H31F2N3O4. The number of nitrogens with zero attached hydrogens (tertiary/aromatic N) is 2. The number of carbonyl (C=O) groups is 2. The summed E-state index contributed by atoms with van der Waals surface area (Å²) in [6.07, 6.45) is -1.05. The van der Waals surface area contributed by atoms with Crippen LogP contribution in [0.3, 0.4) is 0 Å². The van der Waals surface area contributed by atoms with Crippen LogP contribution in [0.15, 0.2) is 60.8 Å². The Morgan fingerprint density at radius 2 is 1.70 bits per heavy atom. The molecule has 2 aromatic carbocycles. The first-order valence-electron chi connectivity index (χ1n) is 12.1. The fourth-order valence-corrected chi connectivity index (χ4v) is 3.83. The predicted octanol–water partition coefficient (Wildman–Crippen LogP) is 3.50. The van der Waals surface area contributed by atoms with E-state index in [4.69, 9.17) is 0 Å². The molecular weight excluding hydrogens is 480 g/mol. The molecule has 2 amide bonds. The lowest BCUT2D eigenvalue weighted by Gasteiger charge is -2.27. The number of nitrogens with one attached hydrogen (secondary N) is 1. The first-order valence-corrected chi connectivity index (χ1v) is 12.1. The highest BCUT2D eigenvalue weighted by atomic mass is 19.1. The third-order valence-corrected chi connectivity index (χ3v) is 5.88. The first-order chi connectivity index (χ1) is 17.7. The maximum atomic E-state index is 14.0. The summed E-state index contributed by atoms with van der Waals surface area (Å²) in [6.45, 7) is 4.45. The van der Waals surface area contributed by atoms with Crippen LogP contribution in [-0.4, -0.2) is 50.7 Å². The van der Waals surface area contributed by atoms with Gasteiger partial charge < -0.3 is 20.4 Å². The predicted molar refractivity (Wildman–Crippen MR) is 135 cm³/mol. The lowest BCUT2D eigenvalue weighted by molar-refractivity contribution is -0.153. The molecule has 9 heteroatoms. The smallest absolute Gasteiger partial charge is 0.254 e. The van der Waals surface area contributed by atoms with Crippen molar-refractivity contribution in [2.45, 2.75) is 52.0 Å². The lowest BCUT2D eigenvalue weighted by atomic mass is 10.1. The quantitative estimate of drug-likeness (QED) is 0.366. The summed E-state index contributed by atoms with van der Waals surface area (Å²) in [4.78, 5) is 30.9. The van der Waals surface area contributed by atoms with Crippen molar-refractivity contribution in [1.82, 2.24) is 15.2 Å². The van der Waals surface area contributed by atoms with Gasteiger partial charge in [0.2, 0.25) is 0 Å². The first kappa shape index (κ1) is 27.9. The molecule has 37 heavy (non-hydrogen) atoms. The van der Waals surface area contributed by atoms with Crippen molar-refractivity contribution >= 4 is 11.8 Å². The Bertz CT molecular complexity index is 1200. The van der Waals surface area contributed by atoms with Crippen molar-refractivity contribution in [1.29, 1.82) is 0 Å². The van der Waals surface area contributed by atoms with Crippen LogP contribution in [0.4, 0.5) is 8.78 Å². The Balaban J connectivity index is 1.61. The van der Waals surface area contributed by atoms with Crippen molar-refractivity contribution in [3.63, 3.8) is 0 Å². The molecule has 196 valence electrons. The average Bonchev–Trinajstić information content (AvgIpc) is 2.89. The van der Waals surface area contributed by atoms with E-state index in [1.165, 1.54) is 29.3 Å². The van der Waals surface area contributed by atoms with Crippen molar-refractivity contribution < 1.29 is 28.6 Å². The monoisotopic (exact) mass is 511 g/mol. The van der Waals surface area contributed by atoms with E-state index in [1.807, 2.05) is 38.1 Å². The highest BCUT2D eigenvalue weighted by molar-refractivity contribution is 5.90. The number of carbonyl (C=O) groups excluding carboxylic acids is 2. The van der Waals surface area contributed by atoms with E-state index in [9.17, 15) is 28.6 Å². The van der Waals surface area contributed by atoms with Gasteiger partial charge in [0.1, 0.15) is 11.6 Å². The normalized spacial score (nSPS) is 12.6. The summed E-state index contributed by atoms with van der Waals surface area (Å²) in [7, 11) is 0. The van der Waals surface area contributed by atoms with E-state index in [1.54, 1.807) is 0 Å². The van der Waals surface area contributed by atoms with Crippen molar-refractivity contribution in [2.24, 2.45) is 0 Å². The highest BCUT2D eigenvalue weighted by Crippen LogP contribution is 2.24. The number of aromatic nitrogens is 1. The molecule has 7 nitrogen and oxygen atoms in total. The number of benzene rings is 2. The number of halogens is 2. The zero-order valence-electron chi connectivity index (χ0n) is 20.8. The van der Waals surface area contributed by atoms with Gasteiger partial charge in [0, 0.05) is 25.8 Å². The maximum Gasteiger partial charge on any atom is 0.254 e.